The van der Waals surface area contributed by atoms with Crippen molar-refractivity contribution in [2.75, 3.05) is 73.6 Å². The third-order valence-electron chi connectivity index (χ3n) is 3.49. The molecule has 0 aromatic heterocycles. The minimum atomic E-state index is -0.340. The second-order valence-corrected chi connectivity index (χ2v) is 5.01. The quantitative estimate of drug-likeness (QED) is 0.550. The highest BCUT2D eigenvalue weighted by atomic mass is 16.5. The first-order valence-corrected chi connectivity index (χ1v) is 6.82. The van der Waals surface area contributed by atoms with Gasteiger partial charge in [-0.15, -0.1) is 0 Å². The third-order valence-corrected chi connectivity index (χ3v) is 3.49. The van der Waals surface area contributed by atoms with Gasteiger partial charge in [0, 0.05) is 39.3 Å². The van der Waals surface area contributed by atoms with Crippen molar-refractivity contribution in [3.8, 4) is 0 Å². The largest absolute Gasteiger partial charge is 0.468 e. The minimum Gasteiger partial charge on any atom is -0.468 e. The first-order chi connectivity index (χ1) is 9.55. The molecule has 7 heteroatoms. The predicted octanol–water partition coefficient (Wildman–Crippen LogP) is -1.12. The van der Waals surface area contributed by atoms with Crippen LogP contribution >= 0.6 is 0 Å². The zero-order valence-electron chi connectivity index (χ0n) is 12.6. The molecule has 1 aliphatic rings. The Morgan fingerprint density at radius 3 is 1.95 bits per heavy atom. The molecule has 1 heterocycles. The average molecular weight is 287 g/mol. The lowest BCUT2D eigenvalue weighted by atomic mass is 10.3. The van der Waals surface area contributed by atoms with Crippen molar-refractivity contribution in [1.29, 1.82) is 0 Å². The lowest BCUT2D eigenvalue weighted by Crippen LogP contribution is -2.48. The molecule has 1 fully saturated rings. The Balaban J connectivity index is 2.38. The van der Waals surface area contributed by atoms with Gasteiger partial charge in [0.25, 0.3) is 0 Å². The van der Waals surface area contributed by atoms with Crippen LogP contribution in [0.4, 0.5) is 0 Å². The molecule has 7 nitrogen and oxygen atoms in total. The Hall–Kier alpha value is -1.18. The van der Waals surface area contributed by atoms with E-state index in [1.54, 1.807) is 4.90 Å². The summed E-state index contributed by atoms with van der Waals surface area (Å²) < 4.78 is 9.30. The summed E-state index contributed by atoms with van der Waals surface area (Å²) in [5, 5.41) is 0. The second-order valence-electron chi connectivity index (χ2n) is 5.01. The standard InChI is InChI=1S/C13H25N3O4/c1-14-4-6-15(7-5-14)8-9-16(10-12(17)19-2)11-13(18)20-3/h4-11H2,1-3H3. The van der Waals surface area contributed by atoms with E-state index in [2.05, 4.69) is 26.3 Å². The maximum Gasteiger partial charge on any atom is 0.319 e. The number of piperazine rings is 1. The van der Waals surface area contributed by atoms with Gasteiger partial charge in [-0.05, 0) is 7.05 Å². The van der Waals surface area contributed by atoms with Gasteiger partial charge in [0.1, 0.15) is 0 Å². The topological polar surface area (TPSA) is 62.3 Å². The van der Waals surface area contributed by atoms with E-state index >= 15 is 0 Å². The molecule has 0 aliphatic carbocycles. The highest BCUT2D eigenvalue weighted by Gasteiger charge is 2.18. The number of hydrogen-bond donors (Lipinski definition) is 0. The Bertz CT molecular complexity index is 299. The van der Waals surface area contributed by atoms with Crippen LogP contribution in [-0.2, 0) is 19.1 Å². The van der Waals surface area contributed by atoms with Crippen LogP contribution in [0.2, 0.25) is 0 Å². The number of rotatable bonds is 7. The summed E-state index contributed by atoms with van der Waals surface area (Å²) in [6.07, 6.45) is 0. The molecule has 0 N–H and O–H groups in total. The summed E-state index contributed by atoms with van der Waals surface area (Å²) in [6.45, 7) is 5.83. The van der Waals surface area contributed by atoms with Crippen molar-refractivity contribution in [2.24, 2.45) is 0 Å². The van der Waals surface area contributed by atoms with Gasteiger partial charge in [-0.2, -0.15) is 0 Å². The molecule has 0 atom stereocenters. The minimum absolute atomic E-state index is 0.110. The number of hydrogen-bond acceptors (Lipinski definition) is 7. The van der Waals surface area contributed by atoms with Gasteiger partial charge in [0.15, 0.2) is 0 Å². The van der Waals surface area contributed by atoms with Crippen molar-refractivity contribution in [1.82, 2.24) is 14.7 Å². The molecule has 20 heavy (non-hydrogen) atoms. The van der Waals surface area contributed by atoms with Crippen LogP contribution in [0, 0.1) is 0 Å². The van der Waals surface area contributed by atoms with E-state index in [0.717, 1.165) is 32.7 Å². The summed E-state index contributed by atoms with van der Waals surface area (Å²) in [5.41, 5.74) is 0. The summed E-state index contributed by atoms with van der Waals surface area (Å²) in [5.74, 6) is -0.681. The molecular weight excluding hydrogens is 262 g/mol. The van der Waals surface area contributed by atoms with Crippen LogP contribution in [0.3, 0.4) is 0 Å². The number of nitrogens with zero attached hydrogens (tertiary/aromatic N) is 3. The number of carbonyl (C=O) groups excluding carboxylic acids is 2. The summed E-state index contributed by atoms with van der Waals surface area (Å²) >= 11 is 0. The second kappa shape index (κ2) is 8.89. The van der Waals surface area contributed by atoms with Gasteiger partial charge >= 0.3 is 11.9 Å². The van der Waals surface area contributed by atoms with E-state index in [4.69, 9.17) is 0 Å². The lowest BCUT2D eigenvalue weighted by molar-refractivity contribution is -0.145. The fourth-order valence-corrected chi connectivity index (χ4v) is 2.06. The molecule has 116 valence electrons. The molecule has 0 unspecified atom stereocenters. The Morgan fingerprint density at radius 2 is 1.50 bits per heavy atom. The number of methoxy groups -OCH3 is 2. The molecular formula is C13H25N3O4. The van der Waals surface area contributed by atoms with E-state index in [9.17, 15) is 9.59 Å². The predicted molar refractivity (Wildman–Crippen MR) is 74.4 cm³/mol. The van der Waals surface area contributed by atoms with Crippen LogP contribution in [0.15, 0.2) is 0 Å². The highest BCUT2D eigenvalue weighted by molar-refractivity contribution is 5.74. The molecule has 0 amide bonds. The van der Waals surface area contributed by atoms with Crippen LogP contribution in [0.1, 0.15) is 0 Å². The van der Waals surface area contributed by atoms with Crippen LogP contribution in [0.5, 0.6) is 0 Å². The average Bonchev–Trinajstić information content (AvgIpc) is 2.46. The Morgan fingerprint density at radius 1 is 1.00 bits per heavy atom. The molecule has 0 saturated carbocycles. The monoisotopic (exact) mass is 287 g/mol. The molecule has 0 aromatic carbocycles. The fraction of sp³-hybridized carbons (Fsp3) is 0.846. The number of ether oxygens (including phenoxy) is 2. The normalized spacial score (nSPS) is 17.2. The summed E-state index contributed by atoms with van der Waals surface area (Å²) in [6, 6.07) is 0. The van der Waals surface area contributed by atoms with Crippen molar-refractivity contribution < 1.29 is 19.1 Å². The number of esters is 2. The van der Waals surface area contributed by atoms with E-state index in [1.165, 1.54) is 14.2 Å². The van der Waals surface area contributed by atoms with E-state index in [1.807, 2.05) is 0 Å². The van der Waals surface area contributed by atoms with Crippen LogP contribution in [-0.4, -0.2) is 100 Å². The molecule has 0 aromatic rings. The maximum absolute atomic E-state index is 11.3. The van der Waals surface area contributed by atoms with Crippen molar-refractivity contribution in [3.05, 3.63) is 0 Å². The van der Waals surface area contributed by atoms with Gasteiger partial charge < -0.3 is 14.4 Å². The highest BCUT2D eigenvalue weighted by Crippen LogP contribution is 2.00. The van der Waals surface area contributed by atoms with Gasteiger partial charge in [-0.25, -0.2) is 0 Å². The molecule has 1 aliphatic heterocycles. The van der Waals surface area contributed by atoms with Crippen molar-refractivity contribution in [2.45, 2.75) is 0 Å². The molecule has 1 rings (SSSR count). The molecule has 0 radical (unpaired) electrons. The van der Waals surface area contributed by atoms with E-state index in [0.29, 0.717) is 6.54 Å². The lowest BCUT2D eigenvalue weighted by Gasteiger charge is -2.33. The molecule has 0 spiro atoms. The van der Waals surface area contributed by atoms with E-state index in [-0.39, 0.29) is 25.0 Å². The molecule has 1 saturated heterocycles. The van der Waals surface area contributed by atoms with E-state index < -0.39 is 0 Å². The molecule has 0 bridgehead atoms. The van der Waals surface area contributed by atoms with Crippen molar-refractivity contribution >= 4 is 11.9 Å². The van der Waals surface area contributed by atoms with Gasteiger partial charge in [0.05, 0.1) is 27.3 Å². The van der Waals surface area contributed by atoms with Crippen LogP contribution in [0.25, 0.3) is 0 Å². The first kappa shape index (κ1) is 16.9. The summed E-state index contributed by atoms with van der Waals surface area (Å²) in [4.78, 5) is 29.1. The van der Waals surface area contributed by atoms with Gasteiger partial charge in [0.2, 0.25) is 0 Å². The number of likely N-dealkylation sites (N-methyl/N-ethyl adjacent to an activating group) is 1. The number of carbonyl (C=O) groups is 2. The maximum atomic E-state index is 11.3. The smallest absolute Gasteiger partial charge is 0.319 e. The third kappa shape index (κ3) is 6.31. The van der Waals surface area contributed by atoms with Crippen molar-refractivity contribution in [3.63, 3.8) is 0 Å². The first-order valence-electron chi connectivity index (χ1n) is 6.82. The zero-order chi connectivity index (χ0) is 15.0. The Kier molecular flexibility index (Phi) is 7.50. The van der Waals surface area contributed by atoms with Gasteiger partial charge in [-0.1, -0.05) is 0 Å². The SMILES string of the molecule is COC(=O)CN(CCN1CCN(C)CC1)CC(=O)OC. The Labute approximate surface area is 120 Å². The summed E-state index contributed by atoms with van der Waals surface area (Å²) in [7, 11) is 4.80. The van der Waals surface area contributed by atoms with Gasteiger partial charge in [-0.3, -0.25) is 19.4 Å². The van der Waals surface area contributed by atoms with Crippen LogP contribution < -0.4 is 0 Å². The zero-order valence-corrected chi connectivity index (χ0v) is 12.6. The fourth-order valence-electron chi connectivity index (χ4n) is 2.06.